The molecular formula is C29H21F2N5O3. The smallest absolute Gasteiger partial charge is 0.268 e. The normalized spacial score (nSPS) is 10.8. The lowest BCUT2D eigenvalue weighted by molar-refractivity contribution is 0.102. The summed E-state index contributed by atoms with van der Waals surface area (Å²) in [6.07, 6.45) is 1.45. The van der Waals surface area contributed by atoms with E-state index in [1.165, 1.54) is 59.3 Å². The highest BCUT2D eigenvalue weighted by Gasteiger charge is 2.17. The number of nitrogen functional groups attached to an aromatic ring is 1. The Kier molecular flexibility index (Phi) is 6.59. The van der Waals surface area contributed by atoms with Crippen LogP contribution >= 0.6 is 0 Å². The van der Waals surface area contributed by atoms with E-state index in [0.29, 0.717) is 28.2 Å². The zero-order valence-electron chi connectivity index (χ0n) is 20.5. The van der Waals surface area contributed by atoms with Crippen LogP contribution in [0.2, 0.25) is 0 Å². The second-order valence-corrected chi connectivity index (χ2v) is 8.69. The summed E-state index contributed by atoms with van der Waals surface area (Å²) in [5.74, 6) is -1.85. The van der Waals surface area contributed by atoms with Gasteiger partial charge in [-0.05, 0) is 85.3 Å². The number of carbonyl (C=O) groups is 1. The molecule has 0 aliphatic heterocycles. The summed E-state index contributed by atoms with van der Waals surface area (Å²) in [5, 5.41) is 12.9. The van der Waals surface area contributed by atoms with Gasteiger partial charge in [-0.25, -0.2) is 18.7 Å². The van der Waals surface area contributed by atoms with Gasteiger partial charge in [-0.2, -0.15) is 0 Å². The van der Waals surface area contributed by atoms with Gasteiger partial charge in [-0.15, -0.1) is 0 Å². The van der Waals surface area contributed by atoms with Crippen molar-refractivity contribution in [1.82, 2.24) is 14.5 Å². The average Bonchev–Trinajstić information content (AvgIpc) is 2.90. The molecular weight excluding hydrogens is 504 g/mol. The van der Waals surface area contributed by atoms with Crippen molar-refractivity contribution in [3.63, 3.8) is 0 Å². The lowest BCUT2D eigenvalue weighted by Crippen LogP contribution is -2.29. The van der Waals surface area contributed by atoms with E-state index in [4.69, 9.17) is 5.73 Å². The number of nitrogens with one attached hydrogen (secondary N) is 1. The number of amides is 1. The highest BCUT2D eigenvalue weighted by atomic mass is 19.1. The molecule has 0 spiro atoms. The highest BCUT2D eigenvalue weighted by molar-refractivity contribution is 6.04. The molecule has 5 rings (SSSR count). The number of hydrogen-bond donors (Lipinski definition) is 3. The molecule has 5 aromatic rings. The van der Waals surface area contributed by atoms with Gasteiger partial charge in [-0.1, -0.05) is 6.07 Å². The number of nitrogens with zero attached hydrogens (tertiary/aromatic N) is 3. The van der Waals surface area contributed by atoms with Gasteiger partial charge in [-0.3, -0.25) is 14.2 Å². The Balaban J connectivity index is 1.43. The molecule has 0 bridgehead atoms. The Morgan fingerprint density at radius 2 is 1.72 bits per heavy atom. The van der Waals surface area contributed by atoms with Crippen LogP contribution in [0.3, 0.4) is 0 Å². The second-order valence-electron chi connectivity index (χ2n) is 8.69. The standard InChI is InChI=1S/C29H21F2N5O3/c1-16-2-9-22(28(39)36(16)20-7-4-18(30)5-8-20)27(38)34-19-6-10-21(24(31)15-19)17-3-11-26(37)23(14-17)25-12-13-33-29(32)35-25/h2-15,37H,1H3,(H,34,38)(H2,32,33,35). The number of phenols is 1. The van der Waals surface area contributed by atoms with Crippen molar-refractivity contribution in [2.24, 2.45) is 0 Å². The van der Waals surface area contributed by atoms with Crippen LogP contribution in [-0.2, 0) is 0 Å². The molecule has 3 aromatic carbocycles. The number of rotatable bonds is 5. The molecule has 0 aliphatic carbocycles. The molecule has 2 heterocycles. The number of aromatic nitrogens is 3. The molecule has 0 atom stereocenters. The number of aromatic hydroxyl groups is 1. The molecule has 1 amide bonds. The molecule has 194 valence electrons. The predicted octanol–water partition coefficient (Wildman–Crippen LogP) is 5.09. The maximum atomic E-state index is 15.2. The van der Waals surface area contributed by atoms with Crippen molar-refractivity contribution in [3.05, 3.63) is 118 Å². The summed E-state index contributed by atoms with van der Waals surface area (Å²) >= 11 is 0. The van der Waals surface area contributed by atoms with Gasteiger partial charge < -0.3 is 16.2 Å². The van der Waals surface area contributed by atoms with Crippen LogP contribution in [0, 0.1) is 18.6 Å². The van der Waals surface area contributed by atoms with Crippen LogP contribution in [0.5, 0.6) is 5.75 Å². The molecule has 10 heteroatoms. The summed E-state index contributed by atoms with van der Waals surface area (Å²) in [5.41, 5.74) is 7.36. The second kappa shape index (κ2) is 10.2. The van der Waals surface area contributed by atoms with Gasteiger partial charge in [0.25, 0.3) is 11.5 Å². The Labute approximate surface area is 221 Å². The van der Waals surface area contributed by atoms with Crippen LogP contribution in [0.4, 0.5) is 20.4 Å². The Morgan fingerprint density at radius 3 is 2.44 bits per heavy atom. The van der Waals surface area contributed by atoms with Crippen LogP contribution in [0.25, 0.3) is 28.1 Å². The zero-order chi connectivity index (χ0) is 27.7. The van der Waals surface area contributed by atoms with E-state index in [1.54, 1.807) is 31.2 Å². The third-order valence-corrected chi connectivity index (χ3v) is 6.09. The number of benzene rings is 3. The number of hydrogen-bond acceptors (Lipinski definition) is 6. The molecule has 0 aliphatic rings. The minimum absolute atomic E-state index is 0.0292. The number of aryl methyl sites for hydroxylation is 1. The third kappa shape index (κ3) is 5.08. The largest absolute Gasteiger partial charge is 0.507 e. The van der Waals surface area contributed by atoms with Crippen molar-refractivity contribution >= 4 is 17.5 Å². The van der Waals surface area contributed by atoms with Crippen molar-refractivity contribution in [2.75, 3.05) is 11.1 Å². The summed E-state index contributed by atoms with van der Waals surface area (Å²) in [7, 11) is 0. The van der Waals surface area contributed by atoms with E-state index < -0.39 is 23.1 Å². The summed E-state index contributed by atoms with van der Waals surface area (Å²) in [4.78, 5) is 34.0. The first-order valence-corrected chi connectivity index (χ1v) is 11.7. The monoisotopic (exact) mass is 525 g/mol. The maximum Gasteiger partial charge on any atom is 0.268 e. The molecule has 0 saturated carbocycles. The van der Waals surface area contributed by atoms with Crippen molar-refractivity contribution in [3.8, 4) is 33.8 Å². The third-order valence-electron chi connectivity index (χ3n) is 6.09. The van der Waals surface area contributed by atoms with E-state index >= 15 is 4.39 Å². The van der Waals surface area contributed by atoms with Gasteiger partial charge in [0.2, 0.25) is 5.95 Å². The minimum Gasteiger partial charge on any atom is -0.507 e. The lowest BCUT2D eigenvalue weighted by Gasteiger charge is -2.13. The SMILES string of the molecule is Cc1ccc(C(=O)Nc2ccc(-c3ccc(O)c(-c4ccnc(N)n4)c3)c(F)c2)c(=O)n1-c1ccc(F)cc1. The first-order valence-electron chi connectivity index (χ1n) is 11.7. The predicted molar refractivity (Wildman–Crippen MR) is 144 cm³/mol. The van der Waals surface area contributed by atoms with E-state index in [0.717, 1.165) is 6.07 Å². The Morgan fingerprint density at radius 1 is 0.949 bits per heavy atom. The summed E-state index contributed by atoms with van der Waals surface area (Å²) < 4.78 is 29.8. The molecule has 4 N–H and O–H groups in total. The van der Waals surface area contributed by atoms with Crippen molar-refractivity contribution < 1.29 is 18.7 Å². The molecule has 8 nitrogen and oxygen atoms in total. The fourth-order valence-electron chi connectivity index (χ4n) is 4.17. The van der Waals surface area contributed by atoms with Crippen LogP contribution in [-0.4, -0.2) is 25.5 Å². The van der Waals surface area contributed by atoms with Crippen LogP contribution in [0.15, 0.2) is 89.9 Å². The van der Waals surface area contributed by atoms with E-state index in [9.17, 15) is 19.1 Å². The average molecular weight is 526 g/mol. The summed E-state index contributed by atoms with van der Waals surface area (Å²) in [6, 6.07) is 18.5. The lowest BCUT2D eigenvalue weighted by atomic mass is 10.00. The topological polar surface area (TPSA) is 123 Å². The van der Waals surface area contributed by atoms with Gasteiger partial charge in [0.15, 0.2) is 0 Å². The molecule has 2 aromatic heterocycles. The number of carbonyl (C=O) groups excluding carboxylic acids is 1. The number of phenolic OH excluding ortho intramolecular Hbond substituents is 1. The number of halogens is 2. The van der Waals surface area contributed by atoms with E-state index in [1.807, 2.05) is 0 Å². The number of nitrogens with two attached hydrogens (primary N) is 1. The van der Waals surface area contributed by atoms with Gasteiger partial charge in [0.05, 0.1) is 5.69 Å². The van der Waals surface area contributed by atoms with Crippen LogP contribution < -0.4 is 16.6 Å². The molecule has 0 saturated heterocycles. The van der Waals surface area contributed by atoms with Gasteiger partial charge in [0.1, 0.15) is 22.9 Å². The molecule has 0 fully saturated rings. The quantitative estimate of drug-likeness (QED) is 0.294. The van der Waals surface area contributed by atoms with Gasteiger partial charge >= 0.3 is 0 Å². The minimum atomic E-state index is -0.726. The maximum absolute atomic E-state index is 15.2. The van der Waals surface area contributed by atoms with Crippen molar-refractivity contribution in [1.29, 1.82) is 0 Å². The number of anilines is 2. The van der Waals surface area contributed by atoms with E-state index in [-0.39, 0.29) is 28.5 Å². The Hall–Kier alpha value is -5.38. The zero-order valence-corrected chi connectivity index (χ0v) is 20.5. The Bertz CT molecular complexity index is 1790. The van der Waals surface area contributed by atoms with Gasteiger partial charge in [0, 0.05) is 34.4 Å². The first-order chi connectivity index (χ1) is 18.7. The van der Waals surface area contributed by atoms with E-state index in [2.05, 4.69) is 15.3 Å². The number of pyridine rings is 1. The molecule has 39 heavy (non-hydrogen) atoms. The summed E-state index contributed by atoms with van der Waals surface area (Å²) in [6.45, 7) is 1.69. The molecule has 0 radical (unpaired) electrons. The fraction of sp³-hybridized carbons (Fsp3) is 0.0345. The fourth-order valence-corrected chi connectivity index (χ4v) is 4.17. The first kappa shape index (κ1) is 25.3. The highest BCUT2D eigenvalue weighted by Crippen LogP contribution is 2.34. The van der Waals surface area contributed by atoms with Crippen molar-refractivity contribution in [2.45, 2.75) is 6.92 Å². The molecule has 0 unspecified atom stereocenters. The van der Waals surface area contributed by atoms with Crippen LogP contribution in [0.1, 0.15) is 16.1 Å².